The molecule has 14 heavy (non-hydrogen) atoms. The maximum atomic E-state index is 10.9. The lowest BCUT2D eigenvalue weighted by atomic mass is 10.3. The lowest BCUT2D eigenvalue weighted by Crippen LogP contribution is -2.41. The van der Waals surface area contributed by atoms with E-state index in [-0.39, 0.29) is 12.3 Å². The Bertz CT molecular complexity index is 273. The number of amides is 1. The standard InChI is InChI=1S/C8H12N2O4/c1-5(11)2-3-7(12)10-4-6(9)8(13)14/h2-3,6H,4,9H2,1H3,(H,10,12)(H,13,14)/b3-2+. The number of allylic oxidation sites excluding steroid dienone is 1. The van der Waals surface area contributed by atoms with E-state index in [1.165, 1.54) is 6.92 Å². The van der Waals surface area contributed by atoms with Gasteiger partial charge in [-0.25, -0.2) is 0 Å². The first-order valence-electron chi connectivity index (χ1n) is 3.88. The summed E-state index contributed by atoms with van der Waals surface area (Å²) in [5, 5.41) is 10.6. The summed E-state index contributed by atoms with van der Waals surface area (Å²) < 4.78 is 0. The summed E-state index contributed by atoms with van der Waals surface area (Å²) in [7, 11) is 0. The highest BCUT2D eigenvalue weighted by Crippen LogP contribution is 1.79. The second kappa shape index (κ2) is 5.87. The number of rotatable bonds is 5. The topological polar surface area (TPSA) is 109 Å². The number of nitrogens with one attached hydrogen (secondary N) is 1. The zero-order valence-electron chi connectivity index (χ0n) is 7.69. The van der Waals surface area contributed by atoms with Crippen molar-refractivity contribution >= 4 is 17.7 Å². The van der Waals surface area contributed by atoms with Crippen molar-refractivity contribution in [3.63, 3.8) is 0 Å². The maximum absolute atomic E-state index is 10.9. The Balaban J connectivity index is 3.86. The van der Waals surface area contributed by atoms with E-state index in [4.69, 9.17) is 10.8 Å². The van der Waals surface area contributed by atoms with Crippen LogP contribution in [0.5, 0.6) is 0 Å². The minimum Gasteiger partial charge on any atom is -0.480 e. The fourth-order valence-electron chi connectivity index (χ4n) is 0.550. The van der Waals surface area contributed by atoms with Crippen LogP contribution < -0.4 is 11.1 Å². The third-order valence-corrected chi connectivity index (χ3v) is 1.28. The van der Waals surface area contributed by atoms with E-state index in [2.05, 4.69) is 5.32 Å². The van der Waals surface area contributed by atoms with Crippen LogP contribution in [0.4, 0.5) is 0 Å². The van der Waals surface area contributed by atoms with Gasteiger partial charge in [-0.1, -0.05) is 0 Å². The van der Waals surface area contributed by atoms with Crippen LogP contribution in [-0.4, -0.2) is 35.4 Å². The molecule has 0 bridgehead atoms. The van der Waals surface area contributed by atoms with E-state index in [9.17, 15) is 14.4 Å². The Kier molecular flexibility index (Phi) is 5.16. The van der Waals surface area contributed by atoms with Gasteiger partial charge in [0.2, 0.25) is 5.91 Å². The van der Waals surface area contributed by atoms with Crippen LogP contribution in [-0.2, 0) is 14.4 Å². The van der Waals surface area contributed by atoms with E-state index in [0.717, 1.165) is 12.2 Å². The van der Waals surface area contributed by atoms with Crippen molar-refractivity contribution in [2.24, 2.45) is 5.73 Å². The number of hydrogen-bond donors (Lipinski definition) is 3. The number of carboxylic acids is 1. The molecule has 0 aromatic rings. The van der Waals surface area contributed by atoms with Crippen LogP contribution in [0.3, 0.4) is 0 Å². The molecule has 6 nitrogen and oxygen atoms in total. The maximum Gasteiger partial charge on any atom is 0.322 e. The number of nitrogens with two attached hydrogens (primary N) is 1. The molecule has 0 spiro atoms. The van der Waals surface area contributed by atoms with Gasteiger partial charge in [-0.3, -0.25) is 14.4 Å². The molecule has 0 rings (SSSR count). The van der Waals surface area contributed by atoms with Gasteiger partial charge in [0.15, 0.2) is 5.78 Å². The van der Waals surface area contributed by atoms with Gasteiger partial charge in [0, 0.05) is 12.6 Å². The Labute approximate surface area is 80.8 Å². The molecule has 0 heterocycles. The van der Waals surface area contributed by atoms with E-state index in [1.54, 1.807) is 0 Å². The van der Waals surface area contributed by atoms with Crippen molar-refractivity contribution in [2.45, 2.75) is 13.0 Å². The number of hydrogen-bond acceptors (Lipinski definition) is 4. The molecule has 0 aliphatic rings. The van der Waals surface area contributed by atoms with Crippen molar-refractivity contribution in [2.75, 3.05) is 6.54 Å². The fraction of sp³-hybridized carbons (Fsp3) is 0.375. The second-order valence-corrected chi connectivity index (χ2v) is 2.63. The van der Waals surface area contributed by atoms with E-state index in [1.807, 2.05) is 0 Å². The molecule has 1 unspecified atom stereocenters. The molecule has 1 amide bonds. The Morgan fingerprint density at radius 1 is 1.43 bits per heavy atom. The lowest BCUT2D eigenvalue weighted by molar-refractivity contribution is -0.138. The van der Waals surface area contributed by atoms with Gasteiger partial charge in [0.25, 0.3) is 0 Å². The molecular formula is C8H12N2O4. The quantitative estimate of drug-likeness (QED) is 0.476. The average molecular weight is 200 g/mol. The van der Waals surface area contributed by atoms with Crippen LogP contribution in [0, 0.1) is 0 Å². The van der Waals surface area contributed by atoms with Crippen molar-refractivity contribution in [1.82, 2.24) is 5.32 Å². The molecule has 1 atom stereocenters. The predicted molar refractivity (Wildman–Crippen MR) is 48.4 cm³/mol. The number of carbonyl (C=O) groups is 3. The highest BCUT2D eigenvalue weighted by atomic mass is 16.4. The first kappa shape index (κ1) is 12.3. The minimum absolute atomic E-state index is 0.170. The van der Waals surface area contributed by atoms with Crippen molar-refractivity contribution in [1.29, 1.82) is 0 Å². The van der Waals surface area contributed by atoms with Gasteiger partial charge in [0.1, 0.15) is 6.04 Å². The third-order valence-electron chi connectivity index (χ3n) is 1.28. The van der Waals surface area contributed by atoms with Crippen molar-refractivity contribution in [3.05, 3.63) is 12.2 Å². The van der Waals surface area contributed by atoms with Gasteiger partial charge in [-0.15, -0.1) is 0 Å². The number of aliphatic carboxylic acids is 1. The van der Waals surface area contributed by atoms with Crippen LogP contribution in [0.15, 0.2) is 12.2 Å². The highest BCUT2D eigenvalue weighted by molar-refractivity contribution is 5.96. The molecular weight excluding hydrogens is 188 g/mol. The summed E-state index contributed by atoms with van der Waals surface area (Å²) in [5.41, 5.74) is 5.12. The third kappa shape index (κ3) is 5.90. The first-order valence-corrected chi connectivity index (χ1v) is 3.88. The molecule has 6 heteroatoms. The van der Waals surface area contributed by atoms with Crippen LogP contribution in [0.25, 0.3) is 0 Å². The Morgan fingerprint density at radius 3 is 2.43 bits per heavy atom. The van der Waals surface area contributed by atoms with Crippen LogP contribution >= 0.6 is 0 Å². The molecule has 78 valence electrons. The zero-order chi connectivity index (χ0) is 11.1. The summed E-state index contributed by atoms with van der Waals surface area (Å²) in [6.07, 6.45) is 2.11. The van der Waals surface area contributed by atoms with E-state index in [0.29, 0.717) is 0 Å². The fourth-order valence-corrected chi connectivity index (χ4v) is 0.550. The van der Waals surface area contributed by atoms with Gasteiger partial charge in [0.05, 0.1) is 0 Å². The molecule has 0 fully saturated rings. The summed E-state index contributed by atoms with van der Waals surface area (Å²) in [6, 6.07) is -1.13. The SMILES string of the molecule is CC(=O)/C=C/C(=O)NCC(N)C(=O)O. The van der Waals surface area contributed by atoms with E-state index < -0.39 is 17.9 Å². The predicted octanol–water partition coefficient (Wildman–Crippen LogP) is -1.34. The molecule has 0 saturated carbocycles. The number of ketones is 1. The van der Waals surface area contributed by atoms with Gasteiger partial charge in [-0.2, -0.15) is 0 Å². The largest absolute Gasteiger partial charge is 0.480 e. The molecule has 4 N–H and O–H groups in total. The second-order valence-electron chi connectivity index (χ2n) is 2.63. The van der Waals surface area contributed by atoms with Crippen LogP contribution in [0.2, 0.25) is 0 Å². The van der Waals surface area contributed by atoms with Crippen LogP contribution in [0.1, 0.15) is 6.92 Å². The summed E-state index contributed by atoms with van der Waals surface area (Å²) in [4.78, 5) is 31.5. The molecule has 0 aromatic heterocycles. The average Bonchev–Trinajstić information content (AvgIpc) is 2.10. The smallest absolute Gasteiger partial charge is 0.322 e. The molecule has 0 saturated heterocycles. The monoisotopic (exact) mass is 200 g/mol. The highest BCUT2D eigenvalue weighted by Gasteiger charge is 2.11. The van der Waals surface area contributed by atoms with Gasteiger partial charge >= 0.3 is 5.97 Å². The van der Waals surface area contributed by atoms with Crippen molar-refractivity contribution in [3.8, 4) is 0 Å². The van der Waals surface area contributed by atoms with Crippen molar-refractivity contribution < 1.29 is 19.5 Å². The Morgan fingerprint density at radius 2 is 2.00 bits per heavy atom. The number of carbonyl (C=O) groups excluding carboxylic acids is 2. The van der Waals surface area contributed by atoms with E-state index >= 15 is 0 Å². The lowest BCUT2D eigenvalue weighted by Gasteiger charge is -2.05. The first-order chi connectivity index (χ1) is 6.43. The normalized spacial score (nSPS) is 12.4. The molecule has 0 radical (unpaired) electrons. The van der Waals surface area contributed by atoms with Gasteiger partial charge in [-0.05, 0) is 13.0 Å². The van der Waals surface area contributed by atoms with Gasteiger partial charge < -0.3 is 16.2 Å². The molecule has 0 aliphatic heterocycles. The Hall–Kier alpha value is -1.69. The number of carboxylic acid groups (broad SMARTS) is 1. The molecule has 0 aliphatic carbocycles. The minimum atomic E-state index is -1.19. The summed E-state index contributed by atoms with van der Waals surface area (Å²) in [6.45, 7) is 1.13. The summed E-state index contributed by atoms with van der Waals surface area (Å²) >= 11 is 0. The zero-order valence-corrected chi connectivity index (χ0v) is 7.69. The molecule has 0 aromatic carbocycles. The summed E-state index contributed by atoms with van der Waals surface area (Å²) in [5.74, 6) is -2.00.